The molecule has 1 aliphatic carbocycles. The van der Waals surface area contributed by atoms with E-state index in [9.17, 15) is 18.0 Å². The molecule has 0 bridgehead atoms. The maximum absolute atomic E-state index is 12.7. The van der Waals surface area contributed by atoms with Crippen molar-refractivity contribution in [3.8, 4) is 11.3 Å². The highest BCUT2D eigenvalue weighted by atomic mass is 35.5. The molecule has 0 N–H and O–H groups in total. The van der Waals surface area contributed by atoms with Crippen molar-refractivity contribution >= 4 is 17.6 Å². The van der Waals surface area contributed by atoms with Gasteiger partial charge in [0.1, 0.15) is 11.6 Å². The number of aromatic nitrogens is 1. The minimum atomic E-state index is -4.61. The number of ether oxygens (including phenoxy) is 1. The first-order valence-corrected chi connectivity index (χ1v) is 9.52. The summed E-state index contributed by atoms with van der Waals surface area (Å²) in [6.45, 7) is 5.42. The van der Waals surface area contributed by atoms with E-state index in [1.54, 1.807) is 20.0 Å². The van der Waals surface area contributed by atoms with Gasteiger partial charge in [-0.25, -0.2) is 0 Å². The predicted molar refractivity (Wildman–Crippen MR) is 105 cm³/mol. The number of rotatable bonds is 5. The van der Waals surface area contributed by atoms with Gasteiger partial charge in [-0.2, -0.15) is 13.2 Å². The van der Waals surface area contributed by atoms with Gasteiger partial charge < -0.3 is 4.74 Å². The number of carbonyl (C=O) groups is 1. The van der Waals surface area contributed by atoms with E-state index in [4.69, 9.17) is 16.3 Å². The van der Waals surface area contributed by atoms with Crippen LogP contribution in [0.15, 0.2) is 53.7 Å². The van der Waals surface area contributed by atoms with Crippen molar-refractivity contribution in [2.24, 2.45) is 17.3 Å². The van der Waals surface area contributed by atoms with Crippen LogP contribution in [0, 0.1) is 24.2 Å². The second-order valence-corrected chi connectivity index (χ2v) is 8.16. The third-order valence-electron chi connectivity index (χ3n) is 5.52. The molecule has 2 aromatic rings. The summed E-state index contributed by atoms with van der Waals surface area (Å²) in [7, 11) is 0. The van der Waals surface area contributed by atoms with Crippen molar-refractivity contribution in [1.82, 2.24) is 4.98 Å². The van der Waals surface area contributed by atoms with Crippen LogP contribution in [0.4, 0.5) is 13.2 Å². The number of allylic oxidation sites excluding steroid dienone is 2. The molecule has 1 aromatic heterocycles. The topological polar surface area (TPSA) is 39.2 Å². The van der Waals surface area contributed by atoms with Crippen molar-refractivity contribution in [1.29, 1.82) is 0 Å². The Hall–Kier alpha value is -2.34. The quantitative estimate of drug-likeness (QED) is 0.549. The van der Waals surface area contributed by atoms with Crippen LogP contribution >= 0.6 is 11.6 Å². The minimum Gasteiger partial charge on any atom is -0.461 e. The summed E-state index contributed by atoms with van der Waals surface area (Å²) in [6.07, 6.45) is -1.99. The largest absolute Gasteiger partial charge is 0.461 e. The van der Waals surface area contributed by atoms with E-state index < -0.39 is 34.4 Å². The average molecular weight is 424 g/mol. The van der Waals surface area contributed by atoms with Crippen LogP contribution in [0.1, 0.15) is 25.0 Å². The molecular formula is C22H21ClF3NO2. The number of esters is 1. The van der Waals surface area contributed by atoms with E-state index in [2.05, 4.69) is 4.98 Å². The smallest absolute Gasteiger partial charge is 0.426 e. The summed E-state index contributed by atoms with van der Waals surface area (Å²) >= 11 is 5.34. The standard InChI is InChI=1S/C22H21ClF3NO2/c1-13-14(7-6-8-15(13)17-9-4-5-10-27-17)12-29-20(28)19-16(21(19,2)3)11-18(23)22(24,25)26/h4-11,16,19H,12H2,1-3H3/b18-11+. The van der Waals surface area contributed by atoms with E-state index in [0.29, 0.717) is 0 Å². The number of pyridine rings is 1. The lowest BCUT2D eigenvalue weighted by molar-refractivity contribution is -0.147. The van der Waals surface area contributed by atoms with Crippen molar-refractivity contribution < 1.29 is 22.7 Å². The summed E-state index contributed by atoms with van der Waals surface area (Å²) in [5.74, 6) is -1.78. The van der Waals surface area contributed by atoms with Gasteiger partial charge in [-0.15, -0.1) is 0 Å². The Morgan fingerprint density at radius 2 is 1.97 bits per heavy atom. The Morgan fingerprint density at radius 3 is 2.59 bits per heavy atom. The zero-order chi connectivity index (χ0) is 21.4. The third-order valence-corrected chi connectivity index (χ3v) is 5.86. The second kappa shape index (κ2) is 7.82. The molecule has 154 valence electrons. The van der Waals surface area contributed by atoms with E-state index in [0.717, 1.165) is 28.5 Å². The maximum atomic E-state index is 12.7. The summed E-state index contributed by atoms with van der Waals surface area (Å²) in [4.78, 5) is 16.9. The summed E-state index contributed by atoms with van der Waals surface area (Å²) in [5, 5.41) is -1.20. The number of halogens is 4. The molecule has 3 rings (SSSR count). The Bertz CT molecular complexity index is 939. The van der Waals surface area contributed by atoms with Gasteiger partial charge in [0.15, 0.2) is 0 Å². The van der Waals surface area contributed by atoms with Crippen LogP contribution in [0.3, 0.4) is 0 Å². The molecule has 0 spiro atoms. The van der Waals surface area contributed by atoms with Gasteiger partial charge in [-0.1, -0.05) is 55.8 Å². The fourth-order valence-electron chi connectivity index (χ4n) is 3.57. The molecule has 0 aliphatic heterocycles. The normalized spacial score (nSPS) is 21.0. The summed E-state index contributed by atoms with van der Waals surface area (Å²) < 4.78 is 43.5. The maximum Gasteiger partial charge on any atom is 0.426 e. The fraction of sp³-hybridized carbons (Fsp3) is 0.364. The fourth-order valence-corrected chi connectivity index (χ4v) is 3.70. The second-order valence-electron chi connectivity index (χ2n) is 7.75. The molecule has 0 saturated heterocycles. The first kappa shape index (κ1) is 21.4. The van der Waals surface area contributed by atoms with E-state index >= 15 is 0 Å². The van der Waals surface area contributed by atoms with E-state index in [1.807, 2.05) is 43.3 Å². The van der Waals surface area contributed by atoms with Gasteiger partial charge in [0.25, 0.3) is 0 Å². The van der Waals surface area contributed by atoms with Gasteiger partial charge in [0, 0.05) is 11.8 Å². The number of carbonyl (C=O) groups excluding carboxylic acids is 1. The van der Waals surface area contributed by atoms with Crippen LogP contribution in [-0.2, 0) is 16.1 Å². The minimum absolute atomic E-state index is 0.0430. The van der Waals surface area contributed by atoms with Crippen LogP contribution in [0.25, 0.3) is 11.3 Å². The Kier molecular flexibility index (Phi) is 5.77. The Labute approximate surface area is 172 Å². The third kappa shape index (κ3) is 4.47. The molecule has 1 fully saturated rings. The van der Waals surface area contributed by atoms with Crippen LogP contribution < -0.4 is 0 Å². The molecule has 3 nitrogen and oxygen atoms in total. The first-order chi connectivity index (χ1) is 13.5. The highest BCUT2D eigenvalue weighted by Crippen LogP contribution is 2.60. The summed E-state index contributed by atoms with van der Waals surface area (Å²) in [5.41, 5.74) is 2.87. The zero-order valence-corrected chi connectivity index (χ0v) is 17.0. The predicted octanol–water partition coefficient (Wildman–Crippen LogP) is 6.06. The number of nitrogens with zero attached hydrogens (tertiary/aromatic N) is 1. The zero-order valence-electron chi connectivity index (χ0n) is 16.3. The lowest BCUT2D eigenvalue weighted by Crippen LogP contribution is -2.11. The average Bonchev–Trinajstić information content (AvgIpc) is 3.20. The van der Waals surface area contributed by atoms with Gasteiger partial charge >= 0.3 is 12.1 Å². The number of hydrogen-bond donors (Lipinski definition) is 0. The van der Waals surface area contributed by atoms with Crippen molar-refractivity contribution in [2.75, 3.05) is 0 Å². The molecule has 1 aromatic carbocycles. The number of hydrogen-bond acceptors (Lipinski definition) is 3. The molecule has 7 heteroatoms. The SMILES string of the molecule is Cc1c(COC(=O)C2C(/C=C(/Cl)C(F)(F)F)C2(C)C)cccc1-c1ccccn1. The van der Waals surface area contributed by atoms with Gasteiger partial charge in [-0.3, -0.25) is 9.78 Å². The first-order valence-electron chi connectivity index (χ1n) is 9.14. The molecule has 2 unspecified atom stereocenters. The van der Waals surface area contributed by atoms with Gasteiger partial charge in [0.2, 0.25) is 0 Å². The lowest BCUT2D eigenvalue weighted by atomic mass is 10.00. The Balaban J connectivity index is 1.70. The van der Waals surface area contributed by atoms with Crippen molar-refractivity contribution in [3.63, 3.8) is 0 Å². The highest BCUT2D eigenvalue weighted by Gasteiger charge is 2.62. The molecule has 0 amide bonds. The number of benzene rings is 1. The molecule has 2 atom stereocenters. The number of alkyl halides is 3. The Morgan fingerprint density at radius 1 is 1.24 bits per heavy atom. The summed E-state index contributed by atoms with van der Waals surface area (Å²) in [6, 6.07) is 11.3. The van der Waals surface area contributed by atoms with E-state index in [-0.39, 0.29) is 6.61 Å². The van der Waals surface area contributed by atoms with Crippen molar-refractivity contribution in [2.45, 2.75) is 33.6 Å². The lowest BCUT2D eigenvalue weighted by Gasteiger charge is -2.12. The highest BCUT2D eigenvalue weighted by molar-refractivity contribution is 6.30. The van der Waals surface area contributed by atoms with Gasteiger partial charge in [-0.05, 0) is 41.5 Å². The molecular weight excluding hydrogens is 403 g/mol. The molecule has 1 saturated carbocycles. The van der Waals surface area contributed by atoms with Crippen molar-refractivity contribution in [3.05, 3.63) is 64.8 Å². The monoisotopic (exact) mass is 423 g/mol. The molecule has 1 aliphatic rings. The van der Waals surface area contributed by atoms with Crippen LogP contribution in [0.5, 0.6) is 0 Å². The van der Waals surface area contributed by atoms with Crippen LogP contribution in [0.2, 0.25) is 0 Å². The molecule has 0 radical (unpaired) electrons. The van der Waals surface area contributed by atoms with Gasteiger partial charge in [0.05, 0.1) is 11.6 Å². The van der Waals surface area contributed by atoms with Crippen LogP contribution in [-0.4, -0.2) is 17.1 Å². The van der Waals surface area contributed by atoms with E-state index in [1.165, 1.54) is 0 Å². The molecule has 1 heterocycles. The molecule has 29 heavy (non-hydrogen) atoms.